The van der Waals surface area contributed by atoms with Crippen molar-refractivity contribution in [2.24, 2.45) is 0 Å². The maximum absolute atomic E-state index is 13.1. The predicted octanol–water partition coefficient (Wildman–Crippen LogP) is 8.19. The molecule has 1 aliphatic heterocycles. The van der Waals surface area contributed by atoms with Gasteiger partial charge in [0, 0.05) is 8.95 Å². The zero-order chi connectivity index (χ0) is 24.9. The summed E-state index contributed by atoms with van der Waals surface area (Å²) in [6, 6.07) is 19.2. The zero-order valence-corrected chi connectivity index (χ0v) is 24.2. The molecule has 0 N–H and O–H groups in total. The third kappa shape index (κ3) is 6.02. The maximum Gasteiger partial charge on any atom is 0.293 e. The smallest absolute Gasteiger partial charge is 0.293 e. The molecule has 180 valence electrons. The van der Waals surface area contributed by atoms with Crippen LogP contribution in [0.5, 0.6) is 11.5 Å². The highest BCUT2D eigenvalue weighted by molar-refractivity contribution is 9.13. The van der Waals surface area contributed by atoms with E-state index in [0.29, 0.717) is 44.1 Å². The van der Waals surface area contributed by atoms with Crippen molar-refractivity contribution in [1.29, 1.82) is 0 Å². The Kier molecular flexibility index (Phi) is 8.75. The van der Waals surface area contributed by atoms with E-state index in [9.17, 15) is 9.59 Å². The molecule has 4 rings (SSSR count). The molecule has 1 heterocycles. The molecule has 0 aliphatic carbocycles. The minimum absolute atomic E-state index is 0.199. The quantitative estimate of drug-likeness (QED) is 0.225. The van der Waals surface area contributed by atoms with Gasteiger partial charge in [0.15, 0.2) is 11.5 Å². The van der Waals surface area contributed by atoms with Crippen LogP contribution in [-0.2, 0) is 17.9 Å². The minimum atomic E-state index is -0.332. The number of amides is 2. The van der Waals surface area contributed by atoms with Crippen molar-refractivity contribution in [3.05, 3.63) is 95.7 Å². The molecule has 0 radical (unpaired) electrons. The summed E-state index contributed by atoms with van der Waals surface area (Å²) < 4.78 is 14.1. The summed E-state index contributed by atoms with van der Waals surface area (Å²) >= 11 is 11.6. The number of rotatable bonds is 8. The second-order valence-corrected chi connectivity index (χ2v) is 10.9. The van der Waals surface area contributed by atoms with Crippen LogP contribution in [0.2, 0.25) is 0 Å². The van der Waals surface area contributed by atoms with E-state index in [0.717, 1.165) is 27.4 Å². The van der Waals surface area contributed by atoms with Crippen molar-refractivity contribution < 1.29 is 19.1 Å². The van der Waals surface area contributed by atoms with Crippen LogP contribution >= 0.6 is 59.6 Å². The summed E-state index contributed by atoms with van der Waals surface area (Å²) in [6.07, 6.45) is 1.70. The van der Waals surface area contributed by atoms with Crippen LogP contribution in [0.15, 0.2) is 79.0 Å². The van der Waals surface area contributed by atoms with Gasteiger partial charge in [0.1, 0.15) is 6.61 Å². The number of hydrogen-bond donors (Lipinski definition) is 0. The molecule has 0 atom stereocenters. The molecule has 0 saturated carbocycles. The van der Waals surface area contributed by atoms with E-state index >= 15 is 0 Å². The third-order valence-corrected chi connectivity index (χ3v) is 8.95. The monoisotopic (exact) mass is 679 g/mol. The van der Waals surface area contributed by atoms with E-state index in [-0.39, 0.29) is 17.7 Å². The molecule has 9 heteroatoms. The molecule has 5 nitrogen and oxygen atoms in total. The average molecular weight is 682 g/mol. The predicted molar refractivity (Wildman–Crippen MR) is 149 cm³/mol. The first kappa shape index (κ1) is 26.0. The number of hydrogen-bond acceptors (Lipinski definition) is 5. The van der Waals surface area contributed by atoms with Gasteiger partial charge in [-0.05, 0) is 85.4 Å². The molecule has 3 aromatic rings. The Morgan fingerprint density at radius 3 is 2.37 bits per heavy atom. The van der Waals surface area contributed by atoms with E-state index in [1.54, 1.807) is 12.1 Å². The second kappa shape index (κ2) is 11.8. The molecule has 1 fully saturated rings. The SMILES string of the molecule is CCOc1cc(/C=C2\SC(=O)N(Cc3ccccc3Br)C2=O)c(Br)c(Br)c1OCc1ccccc1. The van der Waals surface area contributed by atoms with E-state index < -0.39 is 0 Å². The molecule has 0 spiro atoms. The minimum Gasteiger partial charge on any atom is -0.490 e. The van der Waals surface area contributed by atoms with Gasteiger partial charge in [-0.1, -0.05) is 64.5 Å². The fraction of sp³-hybridized carbons (Fsp3) is 0.154. The Balaban J connectivity index is 1.61. The summed E-state index contributed by atoms with van der Waals surface area (Å²) in [5.74, 6) is 0.764. The van der Waals surface area contributed by atoms with Gasteiger partial charge in [-0.15, -0.1) is 0 Å². The average Bonchev–Trinajstić information content (AvgIpc) is 3.11. The highest BCUT2D eigenvalue weighted by Gasteiger charge is 2.35. The van der Waals surface area contributed by atoms with Gasteiger partial charge in [0.25, 0.3) is 11.1 Å². The molecule has 1 saturated heterocycles. The molecule has 0 aromatic heterocycles. The van der Waals surface area contributed by atoms with Crippen molar-refractivity contribution in [3.63, 3.8) is 0 Å². The summed E-state index contributed by atoms with van der Waals surface area (Å²) in [7, 11) is 0. The van der Waals surface area contributed by atoms with Crippen molar-refractivity contribution in [2.45, 2.75) is 20.1 Å². The fourth-order valence-electron chi connectivity index (χ4n) is 3.41. The fourth-order valence-corrected chi connectivity index (χ4v) is 5.60. The second-order valence-electron chi connectivity index (χ2n) is 7.49. The Morgan fingerprint density at radius 2 is 1.66 bits per heavy atom. The van der Waals surface area contributed by atoms with Crippen LogP contribution in [0, 0.1) is 0 Å². The number of carbonyl (C=O) groups is 2. The third-order valence-electron chi connectivity index (χ3n) is 5.13. The van der Waals surface area contributed by atoms with Crippen molar-refractivity contribution in [3.8, 4) is 11.5 Å². The van der Waals surface area contributed by atoms with Gasteiger partial charge in [-0.25, -0.2) is 0 Å². The summed E-state index contributed by atoms with van der Waals surface area (Å²) in [4.78, 5) is 27.3. The van der Waals surface area contributed by atoms with E-state index in [1.807, 2.05) is 61.5 Å². The largest absolute Gasteiger partial charge is 0.490 e. The van der Waals surface area contributed by atoms with Gasteiger partial charge >= 0.3 is 0 Å². The molecule has 0 bridgehead atoms. The lowest BCUT2D eigenvalue weighted by Crippen LogP contribution is -2.27. The first-order chi connectivity index (χ1) is 16.9. The topological polar surface area (TPSA) is 55.8 Å². The van der Waals surface area contributed by atoms with Crippen molar-refractivity contribution >= 4 is 76.8 Å². The number of ether oxygens (including phenoxy) is 2. The van der Waals surface area contributed by atoms with E-state index in [2.05, 4.69) is 47.8 Å². The number of imide groups is 1. The number of thioether (sulfide) groups is 1. The van der Waals surface area contributed by atoms with Crippen LogP contribution in [0.1, 0.15) is 23.6 Å². The van der Waals surface area contributed by atoms with E-state index in [4.69, 9.17) is 9.47 Å². The van der Waals surface area contributed by atoms with Gasteiger partial charge in [-0.2, -0.15) is 0 Å². The zero-order valence-electron chi connectivity index (χ0n) is 18.6. The van der Waals surface area contributed by atoms with Crippen molar-refractivity contribution in [2.75, 3.05) is 6.61 Å². The van der Waals surface area contributed by atoms with Crippen molar-refractivity contribution in [1.82, 2.24) is 4.90 Å². The summed E-state index contributed by atoms with van der Waals surface area (Å²) in [5.41, 5.74) is 2.58. The molecule has 35 heavy (non-hydrogen) atoms. The maximum atomic E-state index is 13.1. The molecule has 2 amide bonds. The van der Waals surface area contributed by atoms with Gasteiger partial charge in [-0.3, -0.25) is 14.5 Å². The number of nitrogens with zero attached hydrogens (tertiary/aromatic N) is 1. The normalized spacial score (nSPS) is 14.6. The number of benzene rings is 3. The Morgan fingerprint density at radius 1 is 0.943 bits per heavy atom. The standard InChI is InChI=1S/C26H20Br3NO4S/c1-2-33-20-12-18(22(28)23(29)24(20)34-15-16-8-4-3-5-9-16)13-21-25(31)30(26(32)35-21)14-17-10-6-7-11-19(17)27/h3-13H,2,14-15H2,1H3/b21-13-. The lowest BCUT2D eigenvalue weighted by Gasteiger charge is -2.17. The van der Waals surface area contributed by atoms with Crippen LogP contribution < -0.4 is 9.47 Å². The number of halogens is 3. The lowest BCUT2D eigenvalue weighted by molar-refractivity contribution is -0.123. The number of carbonyl (C=O) groups excluding carboxylic acids is 2. The first-order valence-electron chi connectivity index (χ1n) is 10.7. The summed E-state index contributed by atoms with van der Waals surface area (Å²) in [5, 5.41) is -0.306. The highest BCUT2D eigenvalue weighted by atomic mass is 79.9. The molecular weight excluding hydrogens is 662 g/mol. The van der Waals surface area contributed by atoms with Gasteiger partial charge < -0.3 is 9.47 Å². The molecule has 3 aromatic carbocycles. The lowest BCUT2D eigenvalue weighted by atomic mass is 10.1. The van der Waals surface area contributed by atoms with Crippen LogP contribution in [0.25, 0.3) is 6.08 Å². The summed E-state index contributed by atoms with van der Waals surface area (Å²) in [6.45, 7) is 2.91. The molecule has 1 aliphatic rings. The van der Waals surface area contributed by atoms with E-state index in [1.165, 1.54) is 4.90 Å². The van der Waals surface area contributed by atoms with Crippen LogP contribution in [-0.4, -0.2) is 22.7 Å². The Bertz CT molecular complexity index is 1300. The van der Waals surface area contributed by atoms with Crippen LogP contribution in [0.4, 0.5) is 4.79 Å². The molecular formula is C26H20Br3NO4S. The van der Waals surface area contributed by atoms with Gasteiger partial charge in [0.05, 0.1) is 22.5 Å². The first-order valence-corrected chi connectivity index (χ1v) is 13.9. The molecule has 0 unspecified atom stereocenters. The Hall–Kier alpha value is -2.07. The Labute approximate surface area is 233 Å². The van der Waals surface area contributed by atoms with Crippen LogP contribution in [0.3, 0.4) is 0 Å². The van der Waals surface area contributed by atoms with Gasteiger partial charge in [0.2, 0.25) is 0 Å². The highest BCUT2D eigenvalue weighted by Crippen LogP contribution is 2.45.